The van der Waals surface area contributed by atoms with E-state index in [2.05, 4.69) is 0 Å². The Kier molecular flexibility index (Phi) is 5.00. The fourth-order valence-corrected chi connectivity index (χ4v) is 4.07. The first-order valence-electron chi connectivity index (χ1n) is 6.04. The maximum atomic E-state index is 12.8. The van der Waals surface area contributed by atoms with E-state index in [4.69, 9.17) is 11.6 Å². The molecule has 116 valence electrons. The van der Waals surface area contributed by atoms with E-state index in [0.29, 0.717) is 15.5 Å². The third kappa shape index (κ3) is 4.16. The summed E-state index contributed by atoms with van der Waals surface area (Å²) in [6, 6.07) is 8.28. The molecule has 2 aromatic rings. The van der Waals surface area contributed by atoms with Crippen LogP contribution in [-0.4, -0.2) is 14.3 Å². The topological polar surface area (TPSA) is 63.2 Å². The van der Waals surface area contributed by atoms with Gasteiger partial charge in [-0.15, -0.1) is 11.3 Å². The zero-order chi connectivity index (χ0) is 16.3. The van der Waals surface area contributed by atoms with Gasteiger partial charge in [-0.05, 0) is 42.3 Å². The van der Waals surface area contributed by atoms with E-state index in [9.17, 15) is 17.6 Å². The van der Waals surface area contributed by atoms with E-state index in [1.54, 1.807) is 6.92 Å². The second kappa shape index (κ2) is 6.60. The molecule has 2 rings (SSSR count). The van der Waals surface area contributed by atoms with Crippen LogP contribution in [0, 0.1) is 5.82 Å². The lowest BCUT2D eigenvalue weighted by Crippen LogP contribution is -2.28. The van der Waals surface area contributed by atoms with Crippen LogP contribution in [0.3, 0.4) is 0 Å². The van der Waals surface area contributed by atoms with Crippen LogP contribution in [0.15, 0.2) is 46.7 Å². The number of sulfonamides is 1. The highest BCUT2D eigenvalue weighted by Gasteiger charge is 2.18. The van der Waals surface area contributed by atoms with Gasteiger partial charge in [-0.2, -0.15) is 0 Å². The number of carbonyl (C=O) groups is 1. The number of carbonyl (C=O) groups excluding carboxylic acids is 1. The average Bonchev–Trinajstić information content (AvgIpc) is 2.86. The van der Waals surface area contributed by atoms with Crippen molar-refractivity contribution in [1.29, 1.82) is 0 Å². The van der Waals surface area contributed by atoms with Crippen molar-refractivity contribution in [3.05, 3.63) is 58.2 Å². The second-order valence-corrected chi connectivity index (χ2v) is 7.99. The Labute approximate surface area is 136 Å². The monoisotopic (exact) mass is 359 g/mol. The lowest BCUT2D eigenvalue weighted by Gasteiger charge is -2.04. The third-order valence-corrected chi connectivity index (χ3v) is 5.77. The normalized spacial score (nSPS) is 12.2. The van der Waals surface area contributed by atoms with Crippen molar-refractivity contribution in [3.8, 4) is 0 Å². The van der Waals surface area contributed by atoms with E-state index >= 15 is 0 Å². The van der Waals surface area contributed by atoms with Crippen LogP contribution >= 0.6 is 22.9 Å². The largest absolute Gasteiger partial charge is 0.273 e. The molecule has 1 aromatic heterocycles. The van der Waals surface area contributed by atoms with Crippen molar-refractivity contribution >= 4 is 44.4 Å². The Morgan fingerprint density at radius 1 is 1.23 bits per heavy atom. The number of hydrogen-bond donors (Lipinski definition) is 1. The minimum atomic E-state index is -3.94. The predicted molar refractivity (Wildman–Crippen MR) is 84.7 cm³/mol. The van der Waals surface area contributed by atoms with Crippen molar-refractivity contribution in [3.63, 3.8) is 0 Å². The SMILES string of the molecule is C/C(=C/C(=O)NS(=O)(=O)c1ccc(Cl)s1)c1ccc(F)cc1. The number of thiophene rings is 1. The van der Waals surface area contributed by atoms with Crippen LogP contribution < -0.4 is 4.72 Å². The number of nitrogens with one attached hydrogen (secondary N) is 1. The van der Waals surface area contributed by atoms with Gasteiger partial charge >= 0.3 is 0 Å². The van der Waals surface area contributed by atoms with Crippen LogP contribution in [0.5, 0.6) is 0 Å². The molecule has 0 bridgehead atoms. The van der Waals surface area contributed by atoms with Gasteiger partial charge in [-0.25, -0.2) is 17.5 Å². The van der Waals surface area contributed by atoms with Crippen LogP contribution in [0.25, 0.3) is 5.57 Å². The Balaban J connectivity index is 2.15. The fourth-order valence-electron chi connectivity index (χ4n) is 1.65. The first-order valence-corrected chi connectivity index (χ1v) is 8.72. The molecule has 1 amide bonds. The van der Waals surface area contributed by atoms with Gasteiger partial charge in [0.15, 0.2) is 0 Å². The highest BCUT2D eigenvalue weighted by molar-refractivity contribution is 7.92. The van der Waals surface area contributed by atoms with Gasteiger partial charge in [-0.1, -0.05) is 23.7 Å². The molecule has 0 unspecified atom stereocenters. The molecule has 1 N–H and O–H groups in total. The number of halogens is 2. The average molecular weight is 360 g/mol. The highest BCUT2D eigenvalue weighted by Crippen LogP contribution is 2.25. The third-order valence-electron chi connectivity index (χ3n) is 2.70. The number of allylic oxidation sites excluding steroid dienone is 1. The molecule has 0 saturated carbocycles. The molecule has 0 fully saturated rings. The number of rotatable bonds is 4. The second-order valence-electron chi connectivity index (χ2n) is 4.36. The Morgan fingerprint density at radius 3 is 2.41 bits per heavy atom. The zero-order valence-corrected chi connectivity index (χ0v) is 13.7. The van der Waals surface area contributed by atoms with Crippen molar-refractivity contribution in [2.45, 2.75) is 11.1 Å². The maximum absolute atomic E-state index is 12.8. The summed E-state index contributed by atoms with van der Waals surface area (Å²) in [7, 11) is -3.94. The first-order chi connectivity index (χ1) is 10.3. The van der Waals surface area contributed by atoms with E-state index in [1.165, 1.54) is 36.4 Å². The summed E-state index contributed by atoms with van der Waals surface area (Å²) < 4.78 is 39.0. The van der Waals surface area contributed by atoms with Crippen LogP contribution in [0.2, 0.25) is 4.34 Å². The van der Waals surface area contributed by atoms with Crippen LogP contribution in [0.4, 0.5) is 4.39 Å². The van der Waals surface area contributed by atoms with Gasteiger partial charge in [0, 0.05) is 6.08 Å². The molecule has 1 heterocycles. The van der Waals surface area contributed by atoms with Crippen LogP contribution in [0.1, 0.15) is 12.5 Å². The molecule has 4 nitrogen and oxygen atoms in total. The Morgan fingerprint density at radius 2 is 1.86 bits per heavy atom. The van der Waals surface area contributed by atoms with Gasteiger partial charge in [0.1, 0.15) is 10.0 Å². The van der Waals surface area contributed by atoms with E-state index in [-0.39, 0.29) is 4.21 Å². The fraction of sp³-hybridized carbons (Fsp3) is 0.0714. The van der Waals surface area contributed by atoms with E-state index < -0.39 is 21.7 Å². The summed E-state index contributed by atoms with van der Waals surface area (Å²) >= 11 is 6.53. The summed E-state index contributed by atoms with van der Waals surface area (Å²) in [6.07, 6.45) is 1.14. The summed E-state index contributed by atoms with van der Waals surface area (Å²) in [6.45, 7) is 1.63. The summed E-state index contributed by atoms with van der Waals surface area (Å²) in [5.74, 6) is -1.18. The van der Waals surface area contributed by atoms with Gasteiger partial charge in [-0.3, -0.25) is 4.79 Å². The van der Waals surface area contributed by atoms with E-state index in [0.717, 1.165) is 17.4 Å². The lowest BCUT2D eigenvalue weighted by atomic mass is 10.1. The lowest BCUT2D eigenvalue weighted by molar-refractivity contribution is -0.114. The van der Waals surface area contributed by atoms with Crippen molar-refractivity contribution in [2.24, 2.45) is 0 Å². The Bertz CT molecular complexity index is 826. The van der Waals surface area contributed by atoms with Gasteiger partial charge in [0.05, 0.1) is 4.34 Å². The summed E-state index contributed by atoms with van der Waals surface area (Å²) in [4.78, 5) is 11.8. The molecule has 1 aromatic carbocycles. The Hall–Kier alpha value is -1.70. The van der Waals surface area contributed by atoms with E-state index in [1.807, 2.05) is 4.72 Å². The molecule has 0 aliphatic heterocycles. The number of benzene rings is 1. The quantitative estimate of drug-likeness (QED) is 0.850. The molecule has 22 heavy (non-hydrogen) atoms. The smallest absolute Gasteiger partial charge is 0.269 e. The molecule has 0 spiro atoms. The van der Waals surface area contributed by atoms with Crippen molar-refractivity contribution in [1.82, 2.24) is 4.72 Å². The van der Waals surface area contributed by atoms with Crippen molar-refractivity contribution in [2.75, 3.05) is 0 Å². The molecule has 8 heteroatoms. The van der Waals surface area contributed by atoms with Gasteiger partial charge in [0.2, 0.25) is 0 Å². The highest BCUT2D eigenvalue weighted by atomic mass is 35.5. The summed E-state index contributed by atoms with van der Waals surface area (Å²) in [5.41, 5.74) is 1.13. The van der Waals surface area contributed by atoms with Gasteiger partial charge in [0.25, 0.3) is 15.9 Å². The van der Waals surface area contributed by atoms with Crippen LogP contribution in [-0.2, 0) is 14.8 Å². The first kappa shape index (κ1) is 16.7. The summed E-state index contributed by atoms with van der Waals surface area (Å²) in [5, 5.41) is 0. The predicted octanol–water partition coefficient (Wildman–Crippen LogP) is 3.45. The zero-order valence-electron chi connectivity index (χ0n) is 11.3. The number of amides is 1. The molecule has 0 atom stereocenters. The molecular formula is C14H11ClFNO3S2. The minimum Gasteiger partial charge on any atom is -0.269 e. The van der Waals surface area contributed by atoms with Gasteiger partial charge < -0.3 is 0 Å². The number of hydrogen-bond acceptors (Lipinski definition) is 4. The molecule has 0 aliphatic carbocycles. The minimum absolute atomic E-state index is 0.0429. The van der Waals surface area contributed by atoms with Crippen molar-refractivity contribution < 1.29 is 17.6 Å². The molecule has 0 radical (unpaired) electrons. The standard InChI is InChI=1S/C14H11ClFNO3S2/c1-9(10-2-4-11(16)5-3-10)8-13(18)17-22(19,20)14-7-6-12(15)21-14/h2-8H,1H3,(H,17,18)/b9-8-. The molecule has 0 aliphatic rings. The maximum Gasteiger partial charge on any atom is 0.273 e. The molecule has 0 saturated heterocycles. The molecular weight excluding hydrogens is 349 g/mol.